The summed E-state index contributed by atoms with van der Waals surface area (Å²) >= 11 is 0. The Morgan fingerprint density at radius 2 is 2.21 bits per heavy atom. The van der Waals surface area contributed by atoms with E-state index in [0.29, 0.717) is 23.6 Å². The molecule has 0 radical (unpaired) electrons. The van der Waals surface area contributed by atoms with Crippen molar-refractivity contribution in [2.24, 2.45) is 0 Å². The van der Waals surface area contributed by atoms with Crippen LogP contribution < -0.4 is 10.6 Å². The molecule has 0 aliphatic rings. The fourth-order valence-electron chi connectivity index (χ4n) is 1.82. The van der Waals surface area contributed by atoms with Gasteiger partial charge in [-0.2, -0.15) is 5.26 Å². The fourth-order valence-corrected chi connectivity index (χ4v) is 1.82. The number of nitrogens with two attached hydrogens (primary N) is 1. The predicted octanol–water partition coefficient (Wildman–Crippen LogP) is 1.96. The first-order chi connectivity index (χ1) is 9.24. The maximum Gasteiger partial charge on any atom is 0.152 e. The first-order valence-electron chi connectivity index (χ1n) is 6.05. The van der Waals surface area contributed by atoms with E-state index in [2.05, 4.69) is 9.97 Å². The summed E-state index contributed by atoms with van der Waals surface area (Å²) in [5.41, 5.74) is 7.88. The molecule has 2 aromatic rings. The zero-order valence-electron chi connectivity index (χ0n) is 10.7. The van der Waals surface area contributed by atoms with Crippen molar-refractivity contribution in [3.63, 3.8) is 0 Å². The zero-order chi connectivity index (χ0) is 13.7. The molecule has 0 spiro atoms. The van der Waals surface area contributed by atoms with Gasteiger partial charge in [0.25, 0.3) is 0 Å². The van der Waals surface area contributed by atoms with Crippen LogP contribution in [0, 0.1) is 11.3 Å². The zero-order valence-corrected chi connectivity index (χ0v) is 10.7. The van der Waals surface area contributed by atoms with Gasteiger partial charge in [-0.1, -0.05) is 6.07 Å². The maximum absolute atomic E-state index is 8.81. The minimum absolute atomic E-state index is 0.468. The van der Waals surface area contributed by atoms with Gasteiger partial charge in [0.2, 0.25) is 0 Å². The van der Waals surface area contributed by atoms with Crippen molar-refractivity contribution in [2.75, 3.05) is 17.2 Å². The number of pyridine rings is 2. The van der Waals surface area contributed by atoms with E-state index >= 15 is 0 Å². The molecule has 2 heterocycles. The van der Waals surface area contributed by atoms with Crippen LogP contribution in [-0.4, -0.2) is 16.5 Å². The van der Waals surface area contributed by atoms with Crippen LogP contribution in [0.3, 0.4) is 0 Å². The van der Waals surface area contributed by atoms with Crippen molar-refractivity contribution in [1.82, 2.24) is 9.97 Å². The molecule has 0 amide bonds. The third-order valence-corrected chi connectivity index (χ3v) is 2.78. The Kier molecular flexibility index (Phi) is 3.94. The van der Waals surface area contributed by atoms with Crippen molar-refractivity contribution in [2.45, 2.75) is 13.5 Å². The van der Waals surface area contributed by atoms with Crippen LogP contribution in [0.4, 0.5) is 11.5 Å². The number of anilines is 2. The molecule has 0 aromatic carbocycles. The first kappa shape index (κ1) is 12.8. The molecule has 0 aliphatic carbocycles. The molecule has 19 heavy (non-hydrogen) atoms. The molecule has 0 saturated carbocycles. The van der Waals surface area contributed by atoms with Gasteiger partial charge in [0.15, 0.2) is 5.82 Å². The quantitative estimate of drug-likeness (QED) is 0.901. The van der Waals surface area contributed by atoms with E-state index in [-0.39, 0.29) is 0 Å². The van der Waals surface area contributed by atoms with Crippen LogP contribution in [-0.2, 0) is 6.54 Å². The molecule has 5 heteroatoms. The summed E-state index contributed by atoms with van der Waals surface area (Å²) in [5.74, 6) is 0.687. The van der Waals surface area contributed by atoms with Crippen LogP contribution in [0.5, 0.6) is 0 Å². The number of nitrogen functional groups attached to an aromatic ring is 1. The molecule has 2 aromatic heterocycles. The fraction of sp³-hybridized carbons (Fsp3) is 0.214. The Balaban J connectivity index is 2.25. The first-order valence-corrected chi connectivity index (χ1v) is 6.05. The number of rotatable bonds is 4. The Hall–Kier alpha value is -2.61. The van der Waals surface area contributed by atoms with E-state index in [4.69, 9.17) is 11.0 Å². The molecular weight excluding hydrogens is 238 g/mol. The van der Waals surface area contributed by atoms with Gasteiger partial charge in [-0.25, -0.2) is 4.98 Å². The number of nitrogens with zero attached hydrogens (tertiary/aromatic N) is 4. The van der Waals surface area contributed by atoms with E-state index < -0.39 is 0 Å². The molecular formula is C14H15N5. The topological polar surface area (TPSA) is 78.8 Å². The second-order valence-electron chi connectivity index (χ2n) is 4.08. The lowest BCUT2D eigenvalue weighted by Crippen LogP contribution is -2.24. The molecule has 0 saturated heterocycles. The van der Waals surface area contributed by atoms with Gasteiger partial charge in [-0.05, 0) is 25.1 Å². The molecule has 5 nitrogen and oxygen atoms in total. The summed E-state index contributed by atoms with van der Waals surface area (Å²) in [4.78, 5) is 10.6. The normalized spacial score (nSPS) is 9.89. The lowest BCUT2D eigenvalue weighted by atomic mass is 10.2. The SMILES string of the molecule is CCN(Cc1ccccn1)c1ncc(C#N)cc1N. The standard InChI is InChI=1S/C14H15N5/c1-2-19(10-12-5-3-4-6-17-12)14-13(16)7-11(8-15)9-18-14/h3-7,9H,2,10,16H2,1H3. The Morgan fingerprint density at radius 3 is 2.79 bits per heavy atom. The van der Waals surface area contributed by atoms with Crippen molar-refractivity contribution in [3.8, 4) is 6.07 Å². The molecule has 0 aliphatic heterocycles. The predicted molar refractivity (Wildman–Crippen MR) is 74.3 cm³/mol. The number of nitriles is 1. The van der Waals surface area contributed by atoms with Crippen molar-refractivity contribution in [1.29, 1.82) is 5.26 Å². The van der Waals surface area contributed by atoms with Crippen LogP contribution in [0.2, 0.25) is 0 Å². The van der Waals surface area contributed by atoms with Gasteiger partial charge in [0.1, 0.15) is 6.07 Å². The summed E-state index contributed by atoms with van der Waals surface area (Å²) in [6.07, 6.45) is 3.30. The highest BCUT2D eigenvalue weighted by Gasteiger charge is 2.11. The van der Waals surface area contributed by atoms with Gasteiger partial charge < -0.3 is 10.6 Å². The van der Waals surface area contributed by atoms with Crippen LogP contribution in [0.15, 0.2) is 36.7 Å². The average molecular weight is 253 g/mol. The van der Waals surface area contributed by atoms with Crippen molar-refractivity contribution < 1.29 is 0 Å². The van der Waals surface area contributed by atoms with E-state index in [1.807, 2.05) is 36.1 Å². The minimum Gasteiger partial charge on any atom is -0.396 e. The third kappa shape index (κ3) is 2.99. The van der Waals surface area contributed by atoms with Gasteiger partial charge >= 0.3 is 0 Å². The van der Waals surface area contributed by atoms with Gasteiger partial charge in [0.05, 0.1) is 23.5 Å². The highest BCUT2D eigenvalue weighted by atomic mass is 15.2. The van der Waals surface area contributed by atoms with Gasteiger partial charge in [-0.3, -0.25) is 4.98 Å². The Bertz CT molecular complexity index is 589. The Labute approximate surface area is 112 Å². The smallest absolute Gasteiger partial charge is 0.152 e. The van der Waals surface area contributed by atoms with E-state index in [0.717, 1.165) is 12.2 Å². The maximum atomic E-state index is 8.81. The van der Waals surface area contributed by atoms with Crippen molar-refractivity contribution >= 4 is 11.5 Å². The average Bonchev–Trinajstić information content (AvgIpc) is 2.46. The number of hydrogen-bond acceptors (Lipinski definition) is 5. The highest BCUT2D eigenvalue weighted by Crippen LogP contribution is 2.22. The van der Waals surface area contributed by atoms with Gasteiger partial charge in [-0.15, -0.1) is 0 Å². The van der Waals surface area contributed by atoms with Crippen molar-refractivity contribution in [3.05, 3.63) is 47.9 Å². The Morgan fingerprint density at radius 1 is 1.37 bits per heavy atom. The summed E-state index contributed by atoms with van der Waals surface area (Å²) < 4.78 is 0. The van der Waals surface area contributed by atoms with E-state index in [1.54, 1.807) is 12.3 Å². The van der Waals surface area contributed by atoms with Crippen LogP contribution in [0.25, 0.3) is 0 Å². The third-order valence-electron chi connectivity index (χ3n) is 2.78. The molecule has 96 valence electrons. The largest absolute Gasteiger partial charge is 0.396 e. The van der Waals surface area contributed by atoms with Gasteiger partial charge in [0, 0.05) is 18.9 Å². The van der Waals surface area contributed by atoms with Crippen LogP contribution >= 0.6 is 0 Å². The highest BCUT2D eigenvalue weighted by molar-refractivity contribution is 5.64. The van der Waals surface area contributed by atoms with Crippen LogP contribution in [0.1, 0.15) is 18.2 Å². The summed E-state index contributed by atoms with van der Waals surface area (Å²) in [5, 5.41) is 8.81. The minimum atomic E-state index is 0.468. The molecule has 2 N–H and O–H groups in total. The second-order valence-corrected chi connectivity index (χ2v) is 4.08. The summed E-state index contributed by atoms with van der Waals surface area (Å²) in [7, 11) is 0. The molecule has 2 rings (SSSR count). The number of hydrogen-bond donors (Lipinski definition) is 1. The summed E-state index contributed by atoms with van der Waals surface area (Å²) in [6, 6.07) is 9.46. The second kappa shape index (κ2) is 5.83. The monoisotopic (exact) mass is 253 g/mol. The molecule has 0 fully saturated rings. The lowest BCUT2D eigenvalue weighted by molar-refractivity contribution is 0.795. The molecule has 0 unspecified atom stereocenters. The van der Waals surface area contributed by atoms with E-state index in [1.165, 1.54) is 6.20 Å². The molecule has 0 atom stereocenters. The molecule has 0 bridgehead atoms. The number of aromatic nitrogens is 2. The summed E-state index contributed by atoms with van der Waals surface area (Å²) in [6.45, 7) is 3.43. The lowest BCUT2D eigenvalue weighted by Gasteiger charge is -2.22. The van der Waals surface area contributed by atoms with E-state index in [9.17, 15) is 0 Å².